The third-order valence-corrected chi connectivity index (χ3v) is 4.80. The third kappa shape index (κ3) is 4.20. The summed E-state index contributed by atoms with van der Waals surface area (Å²) >= 11 is 11.9. The quantitative estimate of drug-likeness (QED) is 0.552. The molecule has 1 unspecified atom stereocenters. The van der Waals surface area contributed by atoms with E-state index in [0.717, 1.165) is 22.5 Å². The smallest absolute Gasteiger partial charge is 0.0587 e. The lowest BCUT2D eigenvalue weighted by molar-refractivity contribution is 0.596. The molecule has 2 aromatic rings. The Morgan fingerprint density at radius 2 is 1.90 bits per heavy atom. The molecular weight excluding hydrogens is 448 g/mol. The summed E-state index contributed by atoms with van der Waals surface area (Å²) in [4.78, 5) is 0. The van der Waals surface area contributed by atoms with Crippen LogP contribution in [0.5, 0.6) is 0 Å². The molecule has 0 radical (unpaired) electrons. The second-order valence-corrected chi connectivity index (χ2v) is 7.12. The van der Waals surface area contributed by atoms with Crippen molar-refractivity contribution in [1.29, 1.82) is 0 Å². The Labute approximate surface area is 147 Å². The van der Waals surface area contributed by atoms with Gasteiger partial charge in [0, 0.05) is 13.1 Å². The molecule has 0 bridgehead atoms. The molecule has 1 nitrogen and oxygen atoms in total. The number of halogens is 3. The normalized spacial score (nSPS) is 12.4. The van der Waals surface area contributed by atoms with Gasteiger partial charge in [0.15, 0.2) is 0 Å². The van der Waals surface area contributed by atoms with Gasteiger partial charge in [-0.1, -0.05) is 46.6 Å². The second-order valence-electron chi connectivity index (χ2n) is 4.60. The van der Waals surface area contributed by atoms with E-state index in [1.54, 1.807) is 0 Å². The Morgan fingerprint density at radius 1 is 1.20 bits per heavy atom. The van der Waals surface area contributed by atoms with Crippen LogP contribution < -0.4 is 5.32 Å². The summed E-state index contributed by atoms with van der Waals surface area (Å²) < 4.78 is 2.36. The maximum atomic E-state index is 5.99. The van der Waals surface area contributed by atoms with Gasteiger partial charge >= 0.3 is 0 Å². The highest BCUT2D eigenvalue weighted by atomic mass is 127. The second kappa shape index (κ2) is 7.78. The van der Waals surface area contributed by atoms with Crippen molar-refractivity contribution in [1.82, 2.24) is 5.32 Å². The molecule has 0 saturated carbocycles. The average molecular weight is 465 g/mol. The van der Waals surface area contributed by atoms with Gasteiger partial charge in [0.25, 0.3) is 0 Å². The van der Waals surface area contributed by atoms with E-state index in [4.69, 9.17) is 11.6 Å². The number of nitrogens with one attached hydrogen (secondary N) is 1. The van der Waals surface area contributed by atoms with Gasteiger partial charge in [-0.2, -0.15) is 0 Å². The van der Waals surface area contributed by atoms with Gasteiger partial charge in [-0.15, -0.1) is 0 Å². The van der Waals surface area contributed by atoms with Gasteiger partial charge in [0.05, 0.1) is 6.04 Å². The predicted octanol–water partition coefficient (Wildman–Crippen LogP) is 5.80. The van der Waals surface area contributed by atoms with Gasteiger partial charge in [-0.25, -0.2) is 0 Å². The lowest BCUT2D eigenvalue weighted by atomic mass is 9.98. The Hall–Kier alpha value is -0.100. The molecule has 0 aliphatic heterocycles. The molecule has 0 saturated heterocycles. The maximum absolute atomic E-state index is 5.99. The van der Waals surface area contributed by atoms with Crippen LogP contribution in [-0.4, -0.2) is 6.54 Å². The van der Waals surface area contributed by atoms with Crippen molar-refractivity contribution in [3.05, 3.63) is 66.7 Å². The summed E-state index contributed by atoms with van der Waals surface area (Å²) in [5, 5.41) is 4.39. The molecule has 1 atom stereocenters. The van der Waals surface area contributed by atoms with Crippen LogP contribution in [0.4, 0.5) is 0 Å². The van der Waals surface area contributed by atoms with Crippen LogP contribution in [0.15, 0.2) is 46.9 Å². The highest BCUT2D eigenvalue weighted by Gasteiger charge is 2.16. The summed E-state index contributed by atoms with van der Waals surface area (Å²) in [7, 11) is 0. The van der Waals surface area contributed by atoms with E-state index in [-0.39, 0.29) is 6.04 Å². The van der Waals surface area contributed by atoms with Crippen LogP contribution in [0.2, 0.25) is 5.02 Å². The van der Waals surface area contributed by atoms with Crippen LogP contribution >= 0.6 is 50.1 Å². The minimum absolute atomic E-state index is 0.191. The Kier molecular flexibility index (Phi) is 6.33. The molecule has 0 fully saturated rings. The molecule has 106 valence electrons. The summed E-state index contributed by atoms with van der Waals surface area (Å²) in [5.74, 6) is 0. The van der Waals surface area contributed by atoms with Gasteiger partial charge in [-0.3, -0.25) is 0 Å². The van der Waals surface area contributed by atoms with Gasteiger partial charge in [-0.05, 0) is 77.0 Å². The lowest BCUT2D eigenvalue weighted by Crippen LogP contribution is -2.24. The molecule has 0 spiro atoms. The molecule has 2 aromatic carbocycles. The summed E-state index contributed by atoms with van der Waals surface area (Å²) in [5.41, 5.74) is 2.52. The monoisotopic (exact) mass is 463 g/mol. The SMILES string of the molecule is CCCNC(c1ccc(Cl)cc1)c1cc(Br)ccc1I. The van der Waals surface area contributed by atoms with Crippen molar-refractivity contribution in [3.8, 4) is 0 Å². The van der Waals surface area contributed by atoms with Crippen LogP contribution in [0.1, 0.15) is 30.5 Å². The van der Waals surface area contributed by atoms with Crippen LogP contribution in [-0.2, 0) is 0 Å². The van der Waals surface area contributed by atoms with Crippen molar-refractivity contribution >= 4 is 50.1 Å². The van der Waals surface area contributed by atoms with E-state index in [2.05, 4.69) is 81.1 Å². The molecule has 1 N–H and O–H groups in total. The zero-order valence-corrected chi connectivity index (χ0v) is 15.7. The van der Waals surface area contributed by atoms with Crippen molar-refractivity contribution < 1.29 is 0 Å². The van der Waals surface area contributed by atoms with Crippen LogP contribution in [0, 0.1) is 3.57 Å². The fourth-order valence-corrected chi connectivity index (χ4v) is 3.24. The first-order valence-electron chi connectivity index (χ1n) is 6.55. The third-order valence-electron chi connectivity index (χ3n) is 3.07. The summed E-state index contributed by atoms with van der Waals surface area (Å²) in [6, 6.07) is 14.7. The van der Waals surface area contributed by atoms with Gasteiger partial charge in [0.1, 0.15) is 0 Å². The molecule has 2 rings (SSSR count). The van der Waals surface area contributed by atoms with Crippen LogP contribution in [0.25, 0.3) is 0 Å². The van der Waals surface area contributed by atoms with E-state index in [9.17, 15) is 0 Å². The van der Waals surface area contributed by atoms with E-state index < -0.39 is 0 Å². The number of hydrogen-bond donors (Lipinski definition) is 1. The number of hydrogen-bond acceptors (Lipinski definition) is 1. The Morgan fingerprint density at radius 3 is 2.55 bits per heavy atom. The fraction of sp³-hybridized carbons (Fsp3) is 0.250. The summed E-state index contributed by atoms with van der Waals surface area (Å²) in [6.45, 7) is 3.16. The predicted molar refractivity (Wildman–Crippen MR) is 98.4 cm³/mol. The topological polar surface area (TPSA) is 12.0 Å². The zero-order valence-electron chi connectivity index (χ0n) is 11.2. The summed E-state index contributed by atoms with van der Waals surface area (Å²) in [6.07, 6.45) is 1.11. The van der Waals surface area contributed by atoms with Gasteiger partial charge < -0.3 is 5.32 Å². The number of benzene rings is 2. The molecular formula is C16H16BrClIN. The Bertz CT molecular complexity index is 571. The van der Waals surface area contributed by atoms with E-state index in [0.29, 0.717) is 0 Å². The lowest BCUT2D eigenvalue weighted by Gasteiger charge is -2.21. The van der Waals surface area contributed by atoms with Crippen molar-refractivity contribution in [3.63, 3.8) is 0 Å². The first kappa shape index (κ1) is 16.3. The first-order chi connectivity index (χ1) is 9.61. The molecule has 4 heteroatoms. The largest absolute Gasteiger partial charge is 0.306 e. The first-order valence-corrected chi connectivity index (χ1v) is 8.80. The van der Waals surface area contributed by atoms with E-state index in [1.165, 1.54) is 14.7 Å². The van der Waals surface area contributed by atoms with E-state index >= 15 is 0 Å². The minimum Gasteiger partial charge on any atom is -0.306 e. The molecule has 0 aliphatic carbocycles. The van der Waals surface area contributed by atoms with Crippen LogP contribution in [0.3, 0.4) is 0 Å². The van der Waals surface area contributed by atoms with Gasteiger partial charge in [0.2, 0.25) is 0 Å². The van der Waals surface area contributed by atoms with Crippen molar-refractivity contribution in [2.24, 2.45) is 0 Å². The zero-order chi connectivity index (χ0) is 14.5. The standard InChI is InChI=1S/C16H16BrClIN/c1-2-9-20-16(11-3-6-13(18)7-4-11)14-10-12(17)5-8-15(14)19/h3-8,10,16,20H,2,9H2,1H3. The van der Waals surface area contributed by atoms with Crippen molar-refractivity contribution in [2.45, 2.75) is 19.4 Å². The Balaban J connectivity index is 2.41. The molecule has 0 heterocycles. The van der Waals surface area contributed by atoms with E-state index in [1.807, 2.05) is 12.1 Å². The highest BCUT2D eigenvalue weighted by Crippen LogP contribution is 2.29. The molecule has 0 aromatic heterocycles. The fourth-order valence-electron chi connectivity index (χ4n) is 2.09. The van der Waals surface area contributed by atoms with Crippen molar-refractivity contribution in [2.75, 3.05) is 6.54 Å². The minimum atomic E-state index is 0.191. The molecule has 20 heavy (non-hydrogen) atoms. The number of rotatable bonds is 5. The molecule has 0 aliphatic rings. The highest BCUT2D eigenvalue weighted by molar-refractivity contribution is 14.1. The molecule has 0 amide bonds. The average Bonchev–Trinajstić information content (AvgIpc) is 2.44. The maximum Gasteiger partial charge on any atom is 0.0587 e.